The standard InChI is InChI=1S/C9H8BrFO3/c1-14-8(13)4-5-7(12)3-2-6(10)9(5)11/h2-3,12H,4H2,1H3. The van der Waals surface area contributed by atoms with Gasteiger partial charge in [0.2, 0.25) is 0 Å². The van der Waals surface area contributed by atoms with Gasteiger partial charge in [0.05, 0.1) is 18.0 Å². The van der Waals surface area contributed by atoms with E-state index >= 15 is 0 Å². The van der Waals surface area contributed by atoms with E-state index in [1.54, 1.807) is 0 Å². The van der Waals surface area contributed by atoms with E-state index in [4.69, 9.17) is 0 Å². The molecule has 0 aliphatic heterocycles. The van der Waals surface area contributed by atoms with Crippen LogP contribution in [0.4, 0.5) is 4.39 Å². The fourth-order valence-corrected chi connectivity index (χ4v) is 1.34. The van der Waals surface area contributed by atoms with Crippen molar-refractivity contribution in [3.8, 4) is 5.75 Å². The van der Waals surface area contributed by atoms with Crippen molar-refractivity contribution in [2.24, 2.45) is 0 Å². The number of ether oxygens (including phenoxy) is 1. The second-order valence-corrected chi connectivity index (χ2v) is 3.47. The number of phenols is 1. The minimum atomic E-state index is -0.643. The summed E-state index contributed by atoms with van der Waals surface area (Å²) in [4.78, 5) is 10.9. The van der Waals surface area contributed by atoms with Gasteiger partial charge < -0.3 is 9.84 Å². The molecular weight excluding hydrogens is 255 g/mol. The number of halogens is 2. The first-order chi connectivity index (χ1) is 6.56. The van der Waals surface area contributed by atoms with Crippen LogP contribution in [0.2, 0.25) is 0 Å². The van der Waals surface area contributed by atoms with Crippen molar-refractivity contribution in [3.05, 3.63) is 28.0 Å². The Balaban J connectivity index is 3.06. The number of carbonyl (C=O) groups is 1. The smallest absolute Gasteiger partial charge is 0.310 e. The fourth-order valence-electron chi connectivity index (χ4n) is 0.967. The van der Waals surface area contributed by atoms with E-state index in [9.17, 15) is 14.3 Å². The SMILES string of the molecule is COC(=O)Cc1c(O)ccc(Br)c1F. The third kappa shape index (κ3) is 2.23. The summed E-state index contributed by atoms with van der Waals surface area (Å²) >= 11 is 2.95. The lowest BCUT2D eigenvalue weighted by Crippen LogP contribution is -2.06. The van der Waals surface area contributed by atoms with Crippen LogP contribution in [0.3, 0.4) is 0 Å². The van der Waals surface area contributed by atoms with Gasteiger partial charge in [-0.15, -0.1) is 0 Å². The molecule has 0 unspecified atom stereocenters. The van der Waals surface area contributed by atoms with Crippen molar-refractivity contribution in [2.45, 2.75) is 6.42 Å². The van der Waals surface area contributed by atoms with Gasteiger partial charge in [-0.2, -0.15) is 0 Å². The average molecular weight is 263 g/mol. The molecule has 5 heteroatoms. The number of methoxy groups -OCH3 is 1. The Morgan fingerprint density at radius 2 is 2.29 bits per heavy atom. The molecule has 1 N–H and O–H groups in total. The van der Waals surface area contributed by atoms with Crippen LogP contribution in [-0.4, -0.2) is 18.2 Å². The molecule has 0 fully saturated rings. The molecule has 0 saturated carbocycles. The zero-order valence-electron chi connectivity index (χ0n) is 7.38. The Morgan fingerprint density at radius 3 is 2.86 bits per heavy atom. The first-order valence-corrected chi connectivity index (χ1v) is 4.58. The van der Waals surface area contributed by atoms with E-state index < -0.39 is 11.8 Å². The van der Waals surface area contributed by atoms with Crippen molar-refractivity contribution in [1.82, 2.24) is 0 Å². The summed E-state index contributed by atoms with van der Waals surface area (Å²) < 4.78 is 17.9. The van der Waals surface area contributed by atoms with Crippen LogP contribution in [0.5, 0.6) is 5.75 Å². The monoisotopic (exact) mass is 262 g/mol. The van der Waals surface area contributed by atoms with Crippen LogP contribution >= 0.6 is 15.9 Å². The fraction of sp³-hybridized carbons (Fsp3) is 0.222. The van der Waals surface area contributed by atoms with Crippen LogP contribution in [0.25, 0.3) is 0 Å². The van der Waals surface area contributed by atoms with E-state index in [0.717, 1.165) is 0 Å². The second-order valence-electron chi connectivity index (χ2n) is 2.61. The summed E-state index contributed by atoms with van der Waals surface area (Å²) in [6, 6.07) is 2.68. The minimum absolute atomic E-state index is 0.0637. The number of carbonyl (C=O) groups excluding carboxylic acids is 1. The number of phenolic OH excluding ortho intramolecular Hbond substituents is 1. The third-order valence-electron chi connectivity index (χ3n) is 1.72. The molecule has 0 atom stereocenters. The van der Waals surface area contributed by atoms with Gasteiger partial charge in [-0.1, -0.05) is 0 Å². The molecule has 0 heterocycles. The average Bonchev–Trinajstić information content (AvgIpc) is 2.18. The predicted octanol–water partition coefficient (Wildman–Crippen LogP) is 2.01. The molecule has 1 aromatic carbocycles. The van der Waals surface area contributed by atoms with Crippen LogP contribution in [0.1, 0.15) is 5.56 Å². The summed E-state index contributed by atoms with van der Waals surface area (Å²) in [6.07, 6.45) is -0.284. The number of aromatic hydroxyl groups is 1. The molecule has 1 aromatic rings. The van der Waals surface area contributed by atoms with Crippen LogP contribution < -0.4 is 0 Å². The Bertz CT molecular complexity index is 365. The van der Waals surface area contributed by atoms with Crippen LogP contribution in [0, 0.1) is 5.82 Å². The van der Waals surface area contributed by atoms with Gasteiger partial charge in [-0.25, -0.2) is 4.39 Å². The zero-order valence-corrected chi connectivity index (χ0v) is 8.97. The topological polar surface area (TPSA) is 46.5 Å². The molecule has 0 saturated heterocycles. The predicted molar refractivity (Wildman–Crippen MR) is 51.5 cm³/mol. The minimum Gasteiger partial charge on any atom is -0.508 e. The molecule has 0 amide bonds. The Labute approximate surface area is 88.6 Å². The molecule has 0 radical (unpaired) electrons. The summed E-state index contributed by atoms with van der Waals surface area (Å²) in [5.74, 6) is -1.50. The lowest BCUT2D eigenvalue weighted by Gasteiger charge is -2.05. The molecule has 0 aliphatic carbocycles. The van der Waals surface area contributed by atoms with E-state index in [1.807, 2.05) is 0 Å². The van der Waals surface area contributed by atoms with Gasteiger partial charge >= 0.3 is 5.97 Å². The van der Waals surface area contributed by atoms with Gasteiger partial charge in [-0.3, -0.25) is 4.79 Å². The van der Waals surface area contributed by atoms with Gasteiger partial charge in [0.25, 0.3) is 0 Å². The van der Waals surface area contributed by atoms with Crippen molar-refractivity contribution < 1.29 is 19.0 Å². The molecule has 1 rings (SSSR count). The normalized spacial score (nSPS) is 9.93. The maximum atomic E-state index is 13.3. The molecular formula is C9H8BrFO3. The number of esters is 1. The number of benzene rings is 1. The first-order valence-electron chi connectivity index (χ1n) is 3.79. The van der Waals surface area contributed by atoms with E-state index in [1.165, 1.54) is 19.2 Å². The number of rotatable bonds is 2. The van der Waals surface area contributed by atoms with Crippen molar-refractivity contribution >= 4 is 21.9 Å². The van der Waals surface area contributed by atoms with Crippen molar-refractivity contribution in [1.29, 1.82) is 0 Å². The molecule has 76 valence electrons. The Morgan fingerprint density at radius 1 is 1.64 bits per heavy atom. The van der Waals surface area contributed by atoms with Crippen molar-refractivity contribution in [2.75, 3.05) is 7.11 Å². The van der Waals surface area contributed by atoms with Crippen molar-refractivity contribution in [3.63, 3.8) is 0 Å². The molecule has 0 aliphatic rings. The first kappa shape index (κ1) is 11.0. The summed E-state index contributed by atoms with van der Waals surface area (Å²) in [5.41, 5.74) is -0.0637. The Kier molecular flexibility index (Phi) is 3.46. The molecule has 3 nitrogen and oxygen atoms in total. The van der Waals surface area contributed by atoms with E-state index in [0.29, 0.717) is 0 Å². The quantitative estimate of drug-likeness (QED) is 0.830. The highest BCUT2D eigenvalue weighted by Crippen LogP contribution is 2.27. The lowest BCUT2D eigenvalue weighted by atomic mass is 10.1. The Hall–Kier alpha value is -1.10. The summed E-state index contributed by atoms with van der Waals surface area (Å²) in [5, 5.41) is 9.29. The summed E-state index contributed by atoms with van der Waals surface area (Å²) in [7, 11) is 1.20. The number of hydrogen-bond donors (Lipinski definition) is 1. The van der Waals surface area contributed by atoms with Gasteiger partial charge in [0.15, 0.2) is 0 Å². The van der Waals surface area contributed by atoms with Gasteiger partial charge in [0.1, 0.15) is 11.6 Å². The van der Waals surface area contributed by atoms with Crippen LogP contribution in [0.15, 0.2) is 16.6 Å². The molecule has 0 aromatic heterocycles. The summed E-state index contributed by atoms with van der Waals surface area (Å²) in [6.45, 7) is 0. The number of hydrogen-bond acceptors (Lipinski definition) is 3. The highest BCUT2D eigenvalue weighted by Gasteiger charge is 2.15. The molecule has 0 bridgehead atoms. The molecule has 14 heavy (non-hydrogen) atoms. The van der Waals surface area contributed by atoms with Crippen LogP contribution in [-0.2, 0) is 16.0 Å². The highest BCUT2D eigenvalue weighted by molar-refractivity contribution is 9.10. The van der Waals surface area contributed by atoms with Gasteiger partial charge in [0, 0.05) is 5.56 Å². The zero-order chi connectivity index (χ0) is 10.7. The third-order valence-corrected chi connectivity index (χ3v) is 2.33. The van der Waals surface area contributed by atoms with Gasteiger partial charge in [-0.05, 0) is 28.1 Å². The molecule has 0 spiro atoms. The maximum Gasteiger partial charge on any atom is 0.310 e. The second kappa shape index (κ2) is 4.41. The maximum absolute atomic E-state index is 13.3. The highest BCUT2D eigenvalue weighted by atomic mass is 79.9. The lowest BCUT2D eigenvalue weighted by molar-refractivity contribution is -0.139. The largest absolute Gasteiger partial charge is 0.508 e. The van der Waals surface area contributed by atoms with E-state index in [2.05, 4.69) is 20.7 Å². The van der Waals surface area contributed by atoms with E-state index in [-0.39, 0.29) is 22.2 Å².